The lowest BCUT2D eigenvalue weighted by atomic mass is 10.5. The fourth-order valence-corrected chi connectivity index (χ4v) is 0.313. The minimum atomic E-state index is -0.279. The topological polar surface area (TPSA) is 23.6 Å². The van der Waals surface area contributed by atoms with E-state index in [1.165, 1.54) is 11.1 Å². The Labute approximate surface area is 63.3 Å². The fourth-order valence-electron chi connectivity index (χ4n) is 0.313. The van der Waals surface area contributed by atoms with E-state index >= 15 is 0 Å². The van der Waals surface area contributed by atoms with E-state index in [0.29, 0.717) is 0 Å². The molecule has 58 valence electrons. The van der Waals surface area contributed by atoms with Crippen LogP contribution < -0.4 is 0 Å². The maximum absolute atomic E-state index is 11.0. The van der Waals surface area contributed by atoms with Crippen LogP contribution in [0.1, 0.15) is 1.37 Å². The van der Waals surface area contributed by atoms with Gasteiger partial charge < -0.3 is 9.80 Å². The Bertz CT molecular complexity index is 175. The second kappa shape index (κ2) is 3.93. The number of hydrogen-bond acceptors (Lipinski definition) is 2. The van der Waals surface area contributed by atoms with Crippen molar-refractivity contribution in [2.75, 3.05) is 28.2 Å². The zero-order chi connectivity index (χ0) is 9.02. The van der Waals surface area contributed by atoms with E-state index in [-0.39, 0.29) is 12.0 Å². The molecule has 0 N–H and O–H groups in total. The molecule has 0 saturated carbocycles. The Morgan fingerprint density at radius 1 is 1.40 bits per heavy atom. The van der Waals surface area contributed by atoms with Crippen molar-refractivity contribution in [3.8, 4) is 0 Å². The Morgan fingerprint density at radius 3 is 2.20 bits per heavy atom. The van der Waals surface area contributed by atoms with Crippen LogP contribution in [-0.2, 0) is 4.79 Å². The van der Waals surface area contributed by atoms with Crippen LogP contribution in [0.4, 0.5) is 0 Å². The SMILES string of the molecule is [2H]/C(=C\N(C)C)C(=O)N(C)C. The summed E-state index contributed by atoms with van der Waals surface area (Å²) in [5.41, 5.74) is 0. The summed E-state index contributed by atoms with van der Waals surface area (Å²) in [5.74, 6) is -0.279. The zero-order valence-electron chi connectivity index (χ0n) is 7.88. The first-order valence-corrected chi connectivity index (χ1v) is 3.01. The highest BCUT2D eigenvalue weighted by Crippen LogP contribution is 1.82. The molecule has 0 heterocycles. The van der Waals surface area contributed by atoms with Gasteiger partial charge in [0.15, 0.2) is 0 Å². The predicted octanol–water partition coefficient (Wildman–Crippen LogP) is 0.150. The van der Waals surface area contributed by atoms with E-state index in [1.54, 1.807) is 33.1 Å². The Hall–Kier alpha value is -0.990. The normalized spacial score (nSPS) is 12.4. The number of carbonyl (C=O) groups excluding carboxylic acids is 1. The number of carbonyl (C=O) groups is 1. The van der Waals surface area contributed by atoms with Gasteiger partial charge in [-0.05, 0) is 0 Å². The van der Waals surface area contributed by atoms with Crippen LogP contribution in [0, 0.1) is 0 Å². The molecular weight excluding hydrogens is 128 g/mol. The molecule has 0 aromatic heterocycles. The molecule has 0 aliphatic rings. The predicted molar refractivity (Wildman–Crippen MR) is 41.5 cm³/mol. The van der Waals surface area contributed by atoms with E-state index in [4.69, 9.17) is 1.37 Å². The second-order valence-corrected chi connectivity index (χ2v) is 2.44. The highest BCUT2D eigenvalue weighted by molar-refractivity contribution is 5.86. The first-order valence-electron chi connectivity index (χ1n) is 3.51. The Kier molecular flexibility index (Phi) is 2.80. The van der Waals surface area contributed by atoms with E-state index in [0.717, 1.165) is 0 Å². The van der Waals surface area contributed by atoms with E-state index in [9.17, 15) is 4.79 Å². The summed E-state index contributed by atoms with van der Waals surface area (Å²) >= 11 is 0. The third-order valence-corrected chi connectivity index (χ3v) is 0.852. The summed E-state index contributed by atoms with van der Waals surface area (Å²) in [4.78, 5) is 14.1. The van der Waals surface area contributed by atoms with Gasteiger partial charge in [-0.25, -0.2) is 0 Å². The first-order chi connectivity index (χ1) is 4.95. The van der Waals surface area contributed by atoms with Crippen LogP contribution in [0.25, 0.3) is 0 Å². The molecule has 0 bridgehead atoms. The van der Waals surface area contributed by atoms with Crippen molar-refractivity contribution in [1.29, 1.82) is 0 Å². The average molecular weight is 143 g/mol. The van der Waals surface area contributed by atoms with Crippen molar-refractivity contribution in [3.63, 3.8) is 0 Å². The number of nitrogens with zero attached hydrogens (tertiary/aromatic N) is 2. The molecular formula is C7H14N2O. The summed E-state index contributed by atoms with van der Waals surface area (Å²) in [6, 6.07) is 0.000000000000000444. The molecule has 0 aromatic rings. The van der Waals surface area contributed by atoms with Gasteiger partial charge in [0, 0.05) is 40.4 Å². The smallest absolute Gasteiger partial charge is 0.247 e. The summed E-state index contributed by atoms with van der Waals surface area (Å²) in [6.07, 6.45) is 1.47. The Balaban J connectivity index is 4.24. The Morgan fingerprint density at radius 2 is 1.90 bits per heavy atom. The second-order valence-electron chi connectivity index (χ2n) is 2.44. The minimum Gasteiger partial charge on any atom is -0.383 e. The third kappa shape index (κ3) is 3.95. The molecule has 0 atom stereocenters. The molecule has 0 radical (unpaired) electrons. The lowest BCUT2D eigenvalue weighted by molar-refractivity contribution is -0.123. The molecule has 0 aliphatic carbocycles. The van der Waals surface area contributed by atoms with Gasteiger partial charge in [0.25, 0.3) is 0 Å². The van der Waals surface area contributed by atoms with Gasteiger partial charge in [-0.15, -0.1) is 0 Å². The van der Waals surface area contributed by atoms with Gasteiger partial charge in [-0.3, -0.25) is 4.79 Å². The number of amides is 1. The number of hydrogen-bond donors (Lipinski definition) is 0. The minimum absolute atomic E-state index is 0.000000000000000444. The fraction of sp³-hybridized carbons (Fsp3) is 0.571. The molecule has 10 heavy (non-hydrogen) atoms. The van der Waals surface area contributed by atoms with Crippen LogP contribution in [0.5, 0.6) is 0 Å². The number of likely N-dealkylation sites (N-methyl/N-ethyl adjacent to an activating group) is 1. The summed E-state index contributed by atoms with van der Waals surface area (Å²) in [7, 11) is 6.80. The molecule has 1 amide bonds. The third-order valence-electron chi connectivity index (χ3n) is 0.852. The van der Waals surface area contributed by atoms with Gasteiger partial charge in [-0.1, -0.05) is 0 Å². The summed E-state index contributed by atoms with van der Waals surface area (Å²) in [5, 5.41) is 0. The number of rotatable bonds is 2. The van der Waals surface area contributed by atoms with Crippen molar-refractivity contribution in [1.82, 2.24) is 9.80 Å². The lowest BCUT2D eigenvalue weighted by Gasteiger charge is -2.07. The molecule has 0 aromatic carbocycles. The van der Waals surface area contributed by atoms with Gasteiger partial charge in [-0.2, -0.15) is 0 Å². The lowest BCUT2D eigenvalue weighted by Crippen LogP contribution is -2.19. The standard InChI is InChI=1S/C7H14N2O/c1-8(2)6-5-7(10)9(3)4/h5-6H,1-4H3/b6-5+/i5D. The molecule has 0 saturated heterocycles. The zero-order valence-corrected chi connectivity index (χ0v) is 6.88. The van der Waals surface area contributed by atoms with Crippen molar-refractivity contribution >= 4 is 5.91 Å². The van der Waals surface area contributed by atoms with Gasteiger partial charge >= 0.3 is 0 Å². The van der Waals surface area contributed by atoms with E-state index in [1.807, 2.05) is 0 Å². The van der Waals surface area contributed by atoms with Crippen LogP contribution in [0.15, 0.2) is 12.3 Å². The van der Waals surface area contributed by atoms with Crippen LogP contribution in [0.3, 0.4) is 0 Å². The maximum atomic E-state index is 11.0. The quantitative estimate of drug-likeness (QED) is 0.514. The van der Waals surface area contributed by atoms with Gasteiger partial charge in [0.05, 0.1) is 1.37 Å². The van der Waals surface area contributed by atoms with Crippen molar-refractivity contribution in [2.45, 2.75) is 0 Å². The maximum Gasteiger partial charge on any atom is 0.247 e. The highest BCUT2D eigenvalue weighted by Gasteiger charge is 1.95. The van der Waals surface area contributed by atoms with Crippen molar-refractivity contribution in [3.05, 3.63) is 12.3 Å². The molecule has 0 rings (SSSR count). The van der Waals surface area contributed by atoms with Crippen LogP contribution >= 0.6 is 0 Å². The van der Waals surface area contributed by atoms with E-state index < -0.39 is 0 Å². The first kappa shape index (κ1) is 7.12. The summed E-state index contributed by atoms with van der Waals surface area (Å²) in [6.45, 7) is 0. The van der Waals surface area contributed by atoms with Crippen molar-refractivity contribution in [2.24, 2.45) is 0 Å². The molecule has 3 heteroatoms. The van der Waals surface area contributed by atoms with Crippen LogP contribution in [-0.4, -0.2) is 43.9 Å². The molecule has 3 nitrogen and oxygen atoms in total. The average Bonchev–Trinajstić information content (AvgIpc) is 1.84. The molecule has 0 fully saturated rings. The van der Waals surface area contributed by atoms with Gasteiger partial charge in [0.2, 0.25) is 5.91 Å². The largest absolute Gasteiger partial charge is 0.383 e. The highest BCUT2D eigenvalue weighted by atomic mass is 16.2. The summed E-state index contributed by atoms with van der Waals surface area (Å²) < 4.78 is 7.27. The van der Waals surface area contributed by atoms with Crippen LogP contribution in [0.2, 0.25) is 0 Å². The van der Waals surface area contributed by atoms with Crippen molar-refractivity contribution < 1.29 is 6.17 Å². The monoisotopic (exact) mass is 143 g/mol. The molecule has 0 unspecified atom stereocenters. The van der Waals surface area contributed by atoms with Gasteiger partial charge in [0.1, 0.15) is 0 Å². The molecule has 0 aliphatic heterocycles. The van der Waals surface area contributed by atoms with E-state index in [2.05, 4.69) is 0 Å². The molecule has 0 spiro atoms.